The molecule has 0 bridgehead atoms. The first-order valence-corrected chi connectivity index (χ1v) is 17.2. The van der Waals surface area contributed by atoms with Crippen LogP contribution >= 0.6 is 0 Å². The summed E-state index contributed by atoms with van der Waals surface area (Å²) in [6.07, 6.45) is 5.99. The fourth-order valence-electron chi connectivity index (χ4n) is 5.58. The Kier molecular flexibility index (Phi) is 9.18. The third kappa shape index (κ3) is 6.68. The SMILES string of the molecule is CCc1cc(OCc2ccccc2)c(F)cc1-c1nc(NCc2ccccc2N(C)S(C)(=O)=O)c2cnn(C3CCCCO3)c2n1. The first kappa shape index (κ1) is 31.4. The zero-order chi connectivity index (χ0) is 32.3. The molecule has 0 aliphatic carbocycles. The van der Waals surface area contributed by atoms with Gasteiger partial charge in [-0.05, 0) is 60.6 Å². The van der Waals surface area contributed by atoms with Crippen LogP contribution in [0.3, 0.4) is 0 Å². The van der Waals surface area contributed by atoms with Crippen molar-refractivity contribution in [2.45, 2.75) is 52.0 Å². The summed E-state index contributed by atoms with van der Waals surface area (Å²) in [6, 6.07) is 20.0. The van der Waals surface area contributed by atoms with Crippen LogP contribution in [0.15, 0.2) is 72.9 Å². The van der Waals surface area contributed by atoms with E-state index in [4.69, 9.17) is 19.4 Å². The van der Waals surface area contributed by atoms with Crippen LogP contribution in [0.5, 0.6) is 5.75 Å². The number of hydrogen-bond donors (Lipinski definition) is 1. The van der Waals surface area contributed by atoms with Crippen molar-refractivity contribution < 1.29 is 22.3 Å². The van der Waals surface area contributed by atoms with Gasteiger partial charge < -0.3 is 14.8 Å². The molecule has 1 fully saturated rings. The number of fused-ring (bicyclic) bond motifs is 1. The number of halogens is 1. The number of aryl methyl sites for hydroxylation is 1. The van der Waals surface area contributed by atoms with Gasteiger partial charge in [0.2, 0.25) is 10.0 Å². The Hall–Kier alpha value is -4.55. The van der Waals surface area contributed by atoms with E-state index in [0.29, 0.717) is 47.0 Å². The van der Waals surface area contributed by atoms with Crippen LogP contribution in [0, 0.1) is 5.82 Å². The first-order valence-electron chi connectivity index (χ1n) is 15.3. The topological polar surface area (TPSA) is 111 Å². The number of hydrogen-bond acceptors (Lipinski definition) is 8. The zero-order valence-corrected chi connectivity index (χ0v) is 26.9. The Morgan fingerprint density at radius 2 is 1.85 bits per heavy atom. The minimum absolute atomic E-state index is 0.163. The van der Waals surface area contributed by atoms with Gasteiger partial charge in [0.25, 0.3) is 0 Å². The van der Waals surface area contributed by atoms with Crippen molar-refractivity contribution in [2.75, 3.05) is 29.5 Å². The molecule has 6 rings (SSSR count). The second-order valence-electron chi connectivity index (χ2n) is 11.3. The minimum atomic E-state index is -3.48. The lowest BCUT2D eigenvalue weighted by molar-refractivity contribution is -0.0370. The number of anilines is 2. The van der Waals surface area contributed by atoms with Gasteiger partial charge in [0.05, 0.1) is 23.5 Å². The average Bonchev–Trinajstić information content (AvgIpc) is 3.51. The van der Waals surface area contributed by atoms with E-state index in [-0.39, 0.29) is 25.1 Å². The van der Waals surface area contributed by atoms with Crippen molar-refractivity contribution in [2.24, 2.45) is 0 Å². The maximum absolute atomic E-state index is 15.6. The molecule has 1 unspecified atom stereocenters. The highest BCUT2D eigenvalue weighted by Crippen LogP contribution is 2.34. The Bertz CT molecular complexity index is 1940. The largest absolute Gasteiger partial charge is 0.486 e. The van der Waals surface area contributed by atoms with E-state index in [1.807, 2.05) is 49.4 Å². The van der Waals surface area contributed by atoms with Crippen LogP contribution in [-0.4, -0.2) is 48.1 Å². The highest BCUT2D eigenvalue weighted by Gasteiger charge is 2.24. The predicted octanol–water partition coefficient (Wildman–Crippen LogP) is 6.48. The van der Waals surface area contributed by atoms with Gasteiger partial charge in [-0.2, -0.15) is 5.10 Å². The Morgan fingerprint density at radius 3 is 2.59 bits per heavy atom. The number of rotatable bonds is 11. The number of para-hydroxylation sites is 1. The average molecular weight is 645 g/mol. The molecule has 46 heavy (non-hydrogen) atoms. The van der Waals surface area contributed by atoms with E-state index < -0.39 is 15.8 Å². The molecule has 1 atom stereocenters. The maximum Gasteiger partial charge on any atom is 0.232 e. The zero-order valence-electron chi connectivity index (χ0n) is 26.1. The molecular weight excluding hydrogens is 607 g/mol. The molecular formula is C34H37FN6O4S. The van der Waals surface area contributed by atoms with E-state index in [0.717, 1.165) is 36.0 Å². The molecule has 10 nitrogen and oxygen atoms in total. The van der Waals surface area contributed by atoms with Gasteiger partial charge in [0.15, 0.2) is 29.3 Å². The summed E-state index contributed by atoms with van der Waals surface area (Å²) in [7, 11) is -1.95. The number of sulfonamides is 1. The van der Waals surface area contributed by atoms with Gasteiger partial charge in [0, 0.05) is 25.8 Å². The second kappa shape index (κ2) is 13.4. The molecule has 1 aliphatic rings. The minimum Gasteiger partial charge on any atom is -0.486 e. The summed E-state index contributed by atoms with van der Waals surface area (Å²) in [6.45, 7) is 3.14. The Balaban J connectivity index is 1.40. The molecule has 1 saturated heterocycles. The summed E-state index contributed by atoms with van der Waals surface area (Å²) < 4.78 is 55.2. The molecule has 1 N–H and O–H groups in total. The summed E-state index contributed by atoms with van der Waals surface area (Å²) in [4.78, 5) is 9.81. The van der Waals surface area contributed by atoms with Gasteiger partial charge in [-0.3, -0.25) is 4.31 Å². The molecule has 240 valence electrons. The van der Waals surface area contributed by atoms with E-state index in [1.54, 1.807) is 29.1 Å². The van der Waals surface area contributed by atoms with Gasteiger partial charge in [-0.15, -0.1) is 0 Å². The fourth-order valence-corrected chi connectivity index (χ4v) is 6.11. The quantitative estimate of drug-likeness (QED) is 0.174. The molecule has 2 aromatic heterocycles. The number of nitrogens with zero attached hydrogens (tertiary/aromatic N) is 5. The van der Waals surface area contributed by atoms with E-state index >= 15 is 4.39 Å². The summed E-state index contributed by atoms with van der Waals surface area (Å²) in [5.74, 6) is 0.476. The van der Waals surface area contributed by atoms with E-state index in [9.17, 15) is 8.42 Å². The van der Waals surface area contributed by atoms with Crippen molar-refractivity contribution in [3.05, 3.63) is 95.4 Å². The smallest absolute Gasteiger partial charge is 0.232 e. The molecule has 3 heterocycles. The summed E-state index contributed by atoms with van der Waals surface area (Å²) in [5.41, 5.74) is 4.19. The van der Waals surface area contributed by atoms with Gasteiger partial charge in [0.1, 0.15) is 12.4 Å². The van der Waals surface area contributed by atoms with Crippen LogP contribution in [0.4, 0.5) is 15.9 Å². The van der Waals surface area contributed by atoms with E-state index in [2.05, 4.69) is 10.4 Å². The molecule has 0 amide bonds. The summed E-state index contributed by atoms with van der Waals surface area (Å²) in [5, 5.41) is 8.71. The van der Waals surface area contributed by atoms with Gasteiger partial charge in [-0.1, -0.05) is 55.5 Å². The van der Waals surface area contributed by atoms with Crippen LogP contribution in [0.2, 0.25) is 0 Å². The Morgan fingerprint density at radius 1 is 1.07 bits per heavy atom. The number of nitrogens with one attached hydrogen (secondary N) is 1. The molecule has 3 aromatic carbocycles. The monoisotopic (exact) mass is 644 g/mol. The molecule has 1 aliphatic heterocycles. The van der Waals surface area contributed by atoms with Crippen molar-refractivity contribution in [1.29, 1.82) is 0 Å². The second-order valence-corrected chi connectivity index (χ2v) is 13.3. The molecule has 12 heteroatoms. The maximum atomic E-state index is 15.6. The number of ether oxygens (including phenoxy) is 2. The van der Waals surface area contributed by atoms with Gasteiger partial charge in [-0.25, -0.2) is 27.5 Å². The van der Waals surface area contributed by atoms with Crippen molar-refractivity contribution >= 4 is 32.6 Å². The first-order chi connectivity index (χ1) is 22.2. The normalized spacial score (nSPS) is 15.2. The molecule has 5 aromatic rings. The van der Waals surface area contributed by atoms with Crippen LogP contribution in [0.1, 0.15) is 49.1 Å². The highest BCUT2D eigenvalue weighted by molar-refractivity contribution is 7.92. The third-order valence-electron chi connectivity index (χ3n) is 8.17. The van der Waals surface area contributed by atoms with Crippen LogP contribution in [0.25, 0.3) is 22.4 Å². The lowest BCUT2D eigenvalue weighted by Crippen LogP contribution is -2.26. The highest BCUT2D eigenvalue weighted by atomic mass is 32.2. The lowest BCUT2D eigenvalue weighted by atomic mass is 10.0. The molecule has 0 saturated carbocycles. The summed E-state index contributed by atoms with van der Waals surface area (Å²) >= 11 is 0. The van der Waals surface area contributed by atoms with Crippen LogP contribution < -0.4 is 14.4 Å². The third-order valence-corrected chi connectivity index (χ3v) is 9.37. The van der Waals surface area contributed by atoms with Crippen molar-refractivity contribution in [1.82, 2.24) is 19.7 Å². The molecule has 0 radical (unpaired) electrons. The van der Waals surface area contributed by atoms with E-state index in [1.165, 1.54) is 23.7 Å². The van der Waals surface area contributed by atoms with Crippen LogP contribution in [-0.2, 0) is 34.3 Å². The standard InChI is InChI=1S/C34H37FN6O4S/c1-4-24-18-30(45-22-23-12-6-5-7-13-23)28(35)19-26(24)33-38-32(27-21-37-41(34(27)39-33)31-16-10-11-17-44-31)36-20-25-14-8-9-15-29(25)40(2)46(3,42)43/h5-9,12-15,18-19,21,31H,4,10-11,16-17,20,22H2,1-3H3,(H,36,38,39). The predicted molar refractivity (Wildman–Crippen MR) is 177 cm³/mol. The van der Waals surface area contributed by atoms with Crippen molar-refractivity contribution in [3.8, 4) is 17.1 Å². The lowest BCUT2D eigenvalue weighted by Gasteiger charge is -2.23. The van der Waals surface area contributed by atoms with Crippen molar-refractivity contribution in [3.63, 3.8) is 0 Å². The molecule has 0 spiro atoms. The number of benzene rings is 3. The fraction of sp³-hybridized carbons (Fsp3) is 0.324. The Labute approximate surface area is 268 Å². The van der Waals surface area contributed by atoms with Gasteiger partial charge >= 0.3 is 0 Å². The number of aromatic nitrogens is 4.